The smallest absolute Gasteiger partial charge is 0.324 e. The predicted molar refractivity (Wildman–Crippen MR) is 82.9 cm³/mol. The number of hydrogen-bond donors (Lipinski definition) is 0. The van der Waals surface area contributed by atoms with Crippen molar-refractivity contribution in [2.75, 3.05) is 6.61 Å². The molecule has 0 aromatic carbocycles. The number of allylic oxidation sites excluding steroid dienone is 1. The Hall–Kier alpha value is -1.49. The number of ether oxygens (including phenoxy) is 2. The van der Waals surface area contributed by atoms with Gasteiger partial charge in [-0.2, -0.15) is 0 Å². The number of carbonyl (C=O) groups is 3. The maximum Gasteiger partial charge on any atom is 0.324 e. The largest absolute Gasteiger partial charge is 0.462 e. The normalized spacial score (nSPS) is 53.6. The molecule has 4 aliphatic carbocycles. The van der Waals surface area contributed by atoms with Gasteiger partial charge in [0.2, 0.25) is 0 Å². The number of fused-ring (bicyclic) bond motifs is 2. The third kappa shape index (κ3) is 1.15. The first kappa shape index (κ1) is 14.8. The van der Waals surface area contributed by atoms with Crippen LogP contribution in [0.3, 0.4) is 0 Å². The summed E-state index contributed by atoms with van der Waals surface area (Å²) < 4.78 is 12.0. The van der Waals surface area contributed by atoms with Gasteiger partial charge in [-0.1, -0.05) is 26.8 Å². The number of cyclic esters (lactones) is 1. The average molecular weight is 330 g/mol. The van der Waals surface area contributed by atoms with Crippen molar-refractivity contribution in [1.82, 2.24) is 0 Å². The molecule has 3 saturated carbocycles. The topological polar surface area (TPSA) is 69.7 Å². The second kappa shape index (κ2) is 3.85. The van der Waals surface area contributed by atoms with E-state index in [4.69, 9.17) is 9.47 Å². The van der Waals surface area contributed by atoms with Gasteiger partial charge in [-0.05, 0) is 31.3 Å². The molecule has 5 heteroatoms. The summed E-state index contributed by atoms with van der Waals surface area (Å²) in [5.74, 6) is -0.690. The lowest BCUT2D eigenvalue weighted by molar-refractivity contribution is -0.222. The number of Topliss-reactive ketones (excluding diaryl/α,β-unsaturated/α-hetero) is 1. The Morgan fingerprint density at radius 2 is 1.96 bits per heavy atom. The van der Waals surface area contributed by atoms with Crippen LogP contribution in [-0.2, 0) is 23.9 Å². The molecule has 0 aromatic rings. The van der Waals surface area contributed by atoms with Crippen molar-refractivity contribution in [2.24, 2.45) is 28.1 Å². The third-order valence-corrected chi connectivity index (χ3v) is 7.70. The minimum atomic E-state index is -1.50. The van der Waals surface area contributed by atoms with Crippen LogP contribution in [0.5, 0.6) is 0 Å². The van der Waals surface area contributed by atoms with E-state index in [1.54, 1.807) is 0 Å². The number of rotatable bonds is 0. The van der Waals surface area contributed by atoms with Gasteiger partial charge in [0.15, 0.2) is 11.2 Å². The van der Waals surface area contributed by atoms with E-state index in [1.807, 2.05) is 26.8 Å². The van der Waals surface area contributed by atoms with Crippen molar-refractivity contribution in [3.8, 4) is 0 Å². The highest BCUT2D eigenvalue weighted by Crippen LogP contribution is 2.75. The lowest BCUT2D eigenvalue weighted by Gasteiger charge is -2.61. The molecule has 24 heavy (non-hydrogen) atoms. The SMILES string of the molecule is C[C@H]1C(=O)C23CCC1C[C@]21COC(=O)C32C(=O)C=CC(C)(C)C2O1. The zero-order chi connectivity index (χ0) is 17.1. The first-order chi connectivity index (χ1) is 11.2. The summed E-state index contributed by atoms with van der Waals surface area (Å²) in [5.41, 5.74) is -3.87. The Morgan fingerprint density at radius 3 is 2.71 bits per heavy atom. The van der Waals surface area contributed by atoms with E-state index >= 15 is 0 Å². The lowest BCUT2D eigenvalue weighted by atomic mass is 9.38. The summed E-state index contributed by atoms with van der Waals surface area (Å²) >= 11 is 0. The summed E-state index contributed by atoms with van der Waals surface area (Å²) in [4.78, 5) is 39.7. The zero-order valence-electron chi connectivity index (χ0n) is 14.3. The second-order valence-corrected chi connectivity index (χ2v) is 8.96. The predicted octanol–water partition coefficient (Wildman–Crippen LogP) is 1.84. The van der Waals surface area contributed by atoms with Crippen molar-refractivity contribution in [2.45, 2.75) is 51.7 Å². The minimum absolute atomic E-state index is 0.0450. The van der Waals surface area contributed by atoms with Crippen molar-refractivity contribution in [3.05, 3.63) is 12.2 Å². The Kier molecular flexibility index (Phi) is 2.37. The molecule has 4 unspecified atom stereocenters. The van der Waals surface area contributed by atoms with Gasteiger partial charge in [0, 0.05) is 11.3 Å². The number of ketones is 2. The monoisotopic (exact) mass is 330 g/mol. The van der Waals surface area contributed by atoms with Gasteiger partial charge in [0.1, 0.15) is 18.0 Å². The number of carbonyl (C=O) groups excluding carboxylic acids is 3. The quantitative estimate of drug-likeness (QED) is 0.501. The molecular weight excluding hydrogens is 308 g/mol. The molecule has 2 saturated heterocycles. The van der Waals surface area contributed by atoms with Crippen molar-refractivity contribution >= 4 is 17.5 Å². The van der Waals surface area contributed by atoms with E-state index < -0.39 is 33.9 Å². The highest BCUT2D eigenvalue weighted by atomic mass is 16.6. The Balaban J connectivity index is 1.88. The van der Waals surface area contributed by atoms with Crippen LogP contribution in [-0.4, -0.2) is 35.8 Å². The van der Waals surface area contributed by atoms with Gasteiger partial charge in [-0.3, -0.25) is 14.4 Å². The van der Waals surface area contributed by atoms with E-state index in [1.165, 1.54) is 6.08 Å². The molecule has 6 atom stereocenters. The van der Waals surface area contributed by atoms with Crippen LogP contribution in [0.25, 0.3) is 0 Å². The summed E-state index contributed by atoms with van der Waals surface area (Å²) in [6.07, 6.45) is 4.80. The molecule has 6 rings (SSSR count). The molecule has 0 aromatic heterocycles. The molecule has 2 spiro atoms. The van der Waals surface area contributed by atoms with Crippen LogP contribution in [0.15, 0.2) is 12.2 Å². The van der Waals surface area contributed by atoms with Crippen molar-refractivity contribution < 1.29 is 23.9 Å². The fraction of sp³-hybridized carbons (Fsp3) is 0.737. The van der Waals surface area contributed by atoms with E-state index in [9.17, 15) is 14.4 Å². The number of hydrogen-bond acceptors (Lipinski definition) is 5. The molecule has 5 nitrogen and oxygen atoms in total. The first-order valence-electron chi connectivity index (χ1n) is 8.86. The molecule has 2 aliphatic heterocycles. The number of esters is 1. The minimum Gasteiger partial charge on any atom is -0.462 e. The van der Waals surface area contributed by atoms with Crippen LogP contribution in [0, 0.1) is 28.1 Å². The summed E-state index contributed by atoms with van der Waals surface area (Å²) in [5, 5.41) is 0. The zero-order valence-corrected chi connectivity index (χ0v) is 14.3. The third-order valence-electron chi connectivity index (χ3n) is 7.70. The van der Waals surface area contributed by atoms with Gasteiger partial charge in [0.25, 0.3) is 0 Å². The van der Waals surface area contributed by atoms with Crippen LogP contribution in [0.1, 0.15) is 40.0 Å². The van der Waals surface area contributed by atoms with Gasteiger partial charge in [-0.25, -0.2) is 0 Å². The summed E-state index contributed by atoms with van der Waals surface area (Å²) in [6.45, 7) is 5.98. The van der Waals surface area contributed by atoms with Crippen molar-refractivity contribution in [1.29, 1.82) is 0 Å². The van der Waals surface area contributed by atoms with Gasteiger partial charge in [0.05, 0.1) is 11.5 Å². The molecule has 2 heterocycles. The molecule has 6 aliphatic rings. The van der Waals surface area contributed by atoms with Gasteiger partial charge >= 0.3 is 5.97 Å². The van der Waals surface area contributed by atoms with E-state index in [-0.39, 0.29) is 30.0 Å². The van der Waals surface area contributed by atoms with Crippen molar-refractivity contribution in [3.63, 3.8) is 0 Å². The van der Waals surface area contributed by atoms with Crippen LogP contribution < -0.4 is 0 Å². The average Bonchev–Trinajstić information content (AvgIpc) is 2.76. The molecule has 0 amide bonds. The maximum atomic E-state index is 13.5. The van der Waals surface area contributed by atoms with Crippen LogP contribution in [0.4, 0.5) is 0 Å². The first-order valence-corrected chi connectivity index (χ1v) is 8.86. The molecule has 128 valence electrons. The lowest BCUT2D eigenvalue weighted by Crippen LogP contribution is -2.75. The Labute approximate surface area is 140 Å². The fourth-order valence-electron chi connectivity index (χ4n) is 6.60. The highest BCUT2D eigenvalue weighted by Gasteiger charge is 2.88. The molecular formula is C19H22O5. The second-order valence-electron chi connectivity index (χ2n) is 8.96. The Bertz CT molecular complexity index is 736. The molecule has 0 radical (unpaired) electrons. The Morgan fingerprint density at radius 1 is 1.21 bits per heavy atom. The van der Waals surface area contributed by atoms with E-state index in [2.05, 4.69) is 0 Å². The summed E-state index contributed by atoms with van der Waals surface area (Å²) in [7, 11) is 0. The van der Waals surface area contributed by atoms with Crippen LogP contribution in [0.2, 0.25) is 0 Å². The standard InChI is InChI=1S/C19H22O5/c1-10-11-4-7-18(13(10)21)17(8-11)9-23-15(22)19(18)12(20)5-6-16(2,3)14(19)24-17/h5-6,10-11,14H,4,7-9H2,1-3H3/t10-,11?,14?,17+,18?,19?/m1/s1. The van der Waals surface area contributed by atoms with Crippen LogP contribution >= 0.6 is 0 Å². The maximum absolute atomic E-state index is 13.5. The van der Waals surface area contributed by atoms with E-state index in [0.717, 1.165) is 6.42 Å². The van der Waals surface area contributed by atoms with Gasteiger partial charge < -0.3 is 9.47 Å². The molecule has 0 N–H and O–H groups in total. The summed E-state index contributed by atoms with van der Waals surface area (Å²) in [6, 6.07) is 0. The van der Waals surface area contributed by atoms with E-state index in [0.29, 0.717) is 12.8 Å². The molecule has 5 fully saturated rings. The fourth-order valence-corrected chi connectivity index (χ4v) is 6.60. The highest BCUT2D eigenvalue weighted by molar-refractivity contribution is 6.17. The molecule has 4 bridgehead atoms. The van der Waals surface area contributed by atoms with Gasteiger partial charge in [-0.15, -0.1) is 0 Å².